The van der Waals surface area contributed by atoms with E-state index in [1.165, 1.54) is 21.9 Å². The smallest absolute Gasteiger partial charge is 0.225 e. The minimum absolute atomic E-state index is 0. The quantitative estimate of drug-likeness (QED) is 0.909. The lowest BCUT2D eigenvalue weighted by Gasteiger charge is -2.10. The molecule has 0 heterocycles. The molecule has 0 bridgehead atoms. The first-order valence-electron chi connectivity index (χ1n) is 6.77. The second-order valence-corrected chi connectivity index (χ2v) is 5.01. The molecule has 3 rings (SSSR count). The molecule has 1 amide bonds. The average molecular weight is 291 g/mol. The molecule has 2 N–H and O–H groups in total. The van der Waals surface area contributed by atoms with Gasteiger partial charge in [-0.15, -0.1) is 12.4 Å². The Bertz CT molecular complexity index is 629. The summed E-state index contributed by atoms with van der Waals surface area (Å²) >= 11 is 0. The summed E-state index contributed by atoms with van der Waals surface area (Å²) < 4.78 is 0. The first-order chi connectivity index (χ1) is 9.29. The Labute approximate surface area is 125 Å². The summed E-state index contributed by atoms with van der Waals surface area (Å²) in [5.74, 6) is 0.0630. The molecule has 3 nitrogen and oxygen atoms in total. The number of amides is 1. The minimum atomic E-state index is 0. The van der Waals surface area contributed by atoms with Crippen LogP contribution in [0.15, 0.2) is 30.3 Å². The Kier molecular flexibility index (Phi) is 4.63. The van der Waals surface area contributed by atoms with Gasteiger partial charge in [0.15, 0.2) is 0 Å². The highest BCUT2D eigenvalue weighted by Crippen LogP contribution is 2.34. The molecule has 0 saturated heterocycles. The summed E-state index contributed by atoms with van der Waals surface area (Å²) in [6.07, 6.45) is 2.73. The zero-order valence-corrected chi connectivity index (χ0v) is 12.3. The number of nitrogens with one attached hydrogen (secondary N) is 2. The van der Waals surface area contributed by atoms with Crippen LogP contribution in [0.25, 0.3) is 10.8 Å². The lowest BCUT2D eigenvalue weighted by molar-refractivity contribution is -0.116. The van der Waals surface area contributed by atoms with Crippen LogP contribution in [-0.2, 0) is 17.6 Å². The Hall–Kier alpha value is -1.58. The molecule has 4 heteroatoms. The molecule has 106 valence electrons. The van der Waals surface area contributed by atoms with Crippen molar-refractivity contribution in [2.24, 2.45) is 0 Å². The molecule has 2 aromatic rings. The van der Waals surface area contributed by atoms with E-state index in [0.717, 1.165) is 18.5 Å². The van der Waals surface area contributed by atoms with Crippen molar-refractivity contribution in [3.05, 3.63) is 41.5 Å². The van der Waals surface area contributed by atoms with Crippen LogP contribution in [0, 0.1) is 0 Å². The van der Waals surface area contributed by atoms with E-state index in [0.29, 0.717) is 13.0 Å². The number of carbonyl (C=O) groups is 1. The van der Waals surface area contributed by atoms with Gasteiger partial charge in [-0.3, -0.25) is 4.79 Å². The Balaban J connectivity index is 0.00000147. The molecule has 0 radical (unpaired) electrons. The van der Waals surface area contributed by atoms with Crippen LogP contribution >= 0.6 is 12.4 Å². The summed E-state index contributed by atoms with van der Waals surface area (Å²) in [6.45, 7) is 0.701. The molecule has 1 aliphatic rings. The van der Waals surface area contributed by atoms with Crippen LogP contribution < -0.4 is 10.6 Å². The predicted octanol–water partition coefficient (Wildman–Crippen LogP) is 2.91. The van der Waals surface area contributed by atoms with Gasteiger partial charge in [-0.2, -0.15) is 0 Å². The Morgan fingerprint density at radius 2 is 1.90 bits per heavy atom. The molecule has 0 fully saturated rings. The summed E-state index contributed by atoms with van der Waals surface area (Å²) in [5.41, 5.74) is 3.74. The van der Waals surface area contributed by atoms with Crippen molar-refractivity contribution >= 4 is 34.8 Å². The molecule has 1 aliphatic carbocycles. The van der Waals surface area contributed by atoms with Gasteiger partial charge in [-0.1, -0.05) is 24.3 Å². The zero-order valence-electron chi connectivity index (χ0n) is 11.5. The van der Waals surface area contributed by atoms with Gasteiger partial charge in [-0.25, -0.2) is 0 Å². The molecule has 0 aliphatic heterocycles. The van der Waals surface area contributed by atoms with E-state index >= 15 is 0 Å². The lowest BCUT2D eigenvalue weighted by Crippen LogP contribution is -2.18. The predicted molar refractivity (Wildman–Crippen MR) is 85.8 cm³/mol. The number of hydrogen-bond donors (Lipinski definition) is 2. The fourth-order valence-corrected chi connectivity index (χ4v) is 2.81. The van der Waals surface area contributed by atoms with Crippen molar-refractivity contribution in [3.8, 4) is 0 Å². The number of rotatable bonds is 4. The van der Waals surface area contributed by atoms with E-state index in [1.54, 1.807) is 0 Å². The van der Waals surface area contributed by atoms with Gasteiger partial charge in [0.05, 0.1) is 0 Å². The number of carbonyl (C=O) groups excluding carboxylic acids is 1. The van der Waals surface area contributed by atoms with Crippen LogP contribution in [0.5, 0.6) is 0 Å². The van der Waals surface area contributed by atoms with E-state index in [9.17, 15) is 4.79 Å². The van der Waals surface area contributed by atoms with Crippen LogP contribution in [0.2, 0.25) is 0 Å². The summed E-state index contributed by atoms with van der Waals surface area (Å²) in [4.78, 5) is 11.8. The Morgan fingerprint density at radius 3 is 2.65 bits per heavy atom. The maximum atomic E-state index is 11.8. The van der Waals surface area contributed by atoms with Crippen molar-refractivity contribution in [2.75, 3.05) is 18.9 Å². The highest BCUT2D eigenvalue weighted by Gasteiger charge is 2.16. The topological polar surface area (TPSA) is 41.1 Å². The SMILES string of the molecule is CNCCC(=O)Nc1ccc2c3c(cccc13)CC2.Cl. The summed E-state index contributed by atoms with van der Waals surface area (Å²) in [6, 6.07) is 10.5. The number of anilines is 1. The molecule has 20 heavy (non-hydrogen) atoms. The number of halogens is 1. The molecular weight excluding hydrogens is 272 g/mol. The average Bonchev–Trinajstić information content (AvgIpc) is 2.85. The summed E-state index contributed by atoms with van der Waals surface area (Å²) in [5, 5.41) is 8.53. The number of benzene rings is 2. The molecule has 0 spiro atoms. The van der Waals surface area contributed by atoms with E-state index in [4.69, 9.17) is 0 Å². The Morgan fingerprint density at radius 1 is 1.15 bits per heavy atom. The molecule has 0 unspecified atom stereocenters. The van der Waals surface area contributed by atoms with E-state index in [1.807, 2.05) is 13.1 Å². The molecule has 0 atom stereocenters. The maximum Gasteiger partial charge on any atom is 0.225 e. The van der Waals surface area contributed by atoms with Gasteiger partial charge in [0.2, 0.25) is 5.91 Å². The fourth-order valence-electron chi connectivity index (χ4n) is 2.81. The highest BCUT2D eigenvalue weighted by atomic mass is 35.5. The summed E-state index contributed by atoms with van der Waals surface area (Å²) in [7, 11) is 1.85. The first-order valence-corrected chi connectivity index (χ1v) is 6.77. The van der Waals surface area contributed by atoms with Crippen molar-refractivity contribution in [3.63, 3.8) is 0 Å². The van der Waals surface area contributed by atoms with Gasteiger partial charge in [0.25, 0.3) is 0 Å². The zero-order chi connectivity index (χ0) is 13.2. The van der Waals surface area contributed by atoms with Crippen molar-refractivity contribution in [2.45, 2.75) is 19.3 Å². The van der Waals surface area contributed by atoms with Gasteiger partial charge in [-0.05, 0) is 42.5 Å². The van der Waals surface area contributed by atoms with Crippen LogP contribution in [-0.4, -0.2) is 19.5 Å². The van der Waals surface area contributed by atoms with Gasteiger partial charge in [0.1, 0.15) is 0 Å². The number of hydrogen-bond acceptors (Lipinski definition) is 2. The minimum Gasteiger partial charge on any atom is -0.325 e. The lowest BCUT2D eigenvalue weighted by atomic mass is 10.0. The number of aryl methyl sites for hydroxylation is 2. The molecule has 0 saturated carbocycles. The standard InChI is InChI=1S/C16H18N2O.ClH/c1-17-10-9-15(19)18-14-8-7-12-6-5-11-3-2-4-13(14)16(11)12;/h2-4,7-8,17H,5-6,9-10H2,1H3,(H,18,19);1H. The first kappa shape index (κ1) is 14.8. The van der Waals surface area contributed by atoms with E-state index in [2.05, 4.69) is 34.9 Å². The molecular formula is C16H19ClN2O. The molecule has 0 aromatic heterocycles. The largest absolute Gasteiger partial charge is 0.325 e. The fraction of sp³-hybridized carbons (Fsp3) is 0.312. The third kappa shape index (κ3) is 2.65. The van der Waals surface area contributed by atoms with Crippen molar-refractivity contribution in [1.29, 1.82) is 0 Å². The van der Waals surface area contributed by atoms with Crippen molar-refractivity contribution < 1.29 is 4.79 Å². The second-order valence-electron chi connectivity index (χ2n) is 5.01. The van der Waals surface area contributed by atoms with Gasteiger partial charge >= 0.3 is 0 Å². The normalized spacial score (nSPS) is 12.2. The maximum absolute atomic E-state index is 11.8. The van der Waals surface area contributed by atoms with Gasteiger partial charge in [0, 0.05) is 24.0 Å². The van der Waals surface area contributed by atoms with E-state index < -0.39 is 0 Å². The van der Waals surface area contributed by atoms with Crippen LogP contribution in [0.3, 0.4) is 0 Å². The monoisotopic (exact) mass is 290 g/mol. The highest BCUT2D eigenvalue weighted by molar-refractivity contribution is 6.05. The van der Waals surface area contributed by atoms with Crippen LogP contribution in [0.4, 0.5) is 5.69 Å². The van der Waals surface area contributed by atoms with E-state index in [-0.39, 0.29) is 18.3 Å². The molecule has 2 aromatic carbocycles. The third-order valence-electron chi connectivity index (χ3n) is 3.75. The second kappa shape index (κ2) is 6.25. The van der Waals surface area contributed by atoms with Crippen molar-refractivity contribution in [1.82, 2.24) is 5.32 Å². The third-order valence-corrected chi connectivity index (χ3v) is 3.75. The van der Waals surface area contributed by atoms with Gasteiger partial charge < -0.3 is 10.6 Å². The van der Waals surface area contributed by atoms with Crippen LogP contribution in [0.1, 0.15) is 17.5 Å².